The van der Waals surface area contributed by atoms with Gasteiger partial charge in [0.25, 0.3) is 5.91 Å². The van der Waals surface area contributed by atoms with E-state index in [4.69, 9.17) is 30.2 Å². The third kappa shape index (κ3) is 5.53. The van der Waals surface area contributed by atoms with Gasteiger partial charge in [-0.05, 0) is 35.4 Å². The number of nitrogens with one attached hydrogen (secondary N) is 1. The summed E-state index contributed by atoms with van der Waals surface area (Å²) in [6.45, 7) is 1.23. The minimum atomic E-state index is -0.257. The molecule has 0 fully saturated rings. The first kappa shape index (κ1) is 20.8. The highest BCUT2D eigenvalue weighted by atomic mass is 35.5. The second-order valence-corrected chi connectivity index (χ2v) is 6.68. The molecule has 1 heterocycles. The zero-order valence-electron chi connectivity index (χ0n) is 16.2. The summed E-state index contributed by atoms with van der Waals surface area (Å²) in [5.74, 6) is 1.32. The Morgan fingerprint density at radius 2 is 1.86 bits per heavy atom. The Labute approximate surface area is 174 Å². The van der Waals surface area contributed by atoms with Gasteiger partial charge in [-0.1, -0.05) is 35.9 Å². The summed E-state index contributed by atoms with van der Waals surface area (Å²) in [6, 6.07) is 14.7. The van der Waals surface area contributed by atoms with Crippen molar-refractivity contribution < 1.29 is 23.4 Å². The molecule has 0 aliphatic heterocycles. The van der Waals surface area contributed by atoms with Crippen LogP contribution in [0.3, 0.4) is 0 Å². The number of benzene rings is 2. The van der Waals surface area contributed by atoms with Gasteiger partial charge in [0.05, 0.1) is 32.1 Å². The fourth-order valence-electron chi connectivity index (χ4n) is 2.83. The summed E-state index contributed by atoms with van der Waals surface area (Å²) in [7, 11) is 2.99. The third-order valence-corrected chi connectivity index (χ3v) is 4.51. The number of hydrogen-bond donors (Lipinski definition) is 1. The van der Waals surface area contributed by atoms with Crippen LogP contribution in [-0.2, 0) is 24.5 Å². The zero-order valence-corrected chi connectivity index (χ0v) is 17.0. The lowest BCUT2D eigenvalue weighted by Crippen LogP contribution is -2.23. The fourth-order valence-corrected chi connectivity index (χ4v) is 3.11. The topological polar surface area (TPSA) is 69.9 Å². The van der Waals surface area contributed by atoms with Gasteiger partial charge in [-0.25, -0.2) is 0 Å². The summed E-state index contributed by atoms with van der Waals surface area (Å²) in [5, 5.41) is 3.20. The molecule has 1 N–H and O–H groups in total. The maximum Gasteiger partial charge on any atom is 0.251 e. The van der Waals surface area contributed by atoms with Crippen molar-refractivity contribution in [2.75, 3.05) is 14.2 Å². The van der Waals surface area contributed by atoms with Crippen molar-refractivity contribution >= 4 is 17.5 Å². The average Bonchev–Trinajstić information content (AvgIpc) is 3.25. The SMILES string of the molecule is COc1cc(C(=O)NCc2cccc(COCc3ccco3)c2)cc(Cl)c1OC. The van der Waals surface area contributed by atoms with E-state index in [-0.39, 0.29) is 5.91 Å². The molecule has 29 heavy (non-hydrogen) atoms. The van der Waals surface area contributed by atoms with Crippen LogP contribution in [0.2, 0.25) is 5.02 Å². The standard InChI is InChI=1S/C22H22ClNO5/c1-26-20-11-17(10-19(23)21(20)27-2)22(25)24-12-15-5-3-6-16(9-15)13-28-14-18-7-4-8-29-18/h3-11H,12-14H2,1-2H3,(H,24,25). The zero-order chi connectivity index (χ0) is 20.6. The molecule has 0 unspecified atom stereocenters. The van der Waals surface area contributed by atoms with Crippen molar-refractivity contribution in [2.24, 2.45) is 0 Å². The molecule has 1 amide bonds. The number of ether oxygens (including phenoxy) is 3. The molecule has 0 aliphatic rings. The summed E-state index contributed by atoms with van der Waals surface area (Å²) in [4.78, 5) is 12.5. The van der Waals surface area contributed by atoms with Gasteiger partial charge in [0.15, 0.2) is 11.5 Å². The van der Waals surface area contributed by atoms with Gasteiger partial charge in [-0.2, -0.15) is 0 Å². The lowest BCUT2D eigenvalue weighted by atomic mass is 10.1. The Morgan fingerprint density at radius 1 is 1.03 bits per heavy atom. The Bertz CT molecular complexity index is 956. The first-order valence-corrected chi connectivity index (χ1v) is 9.36. The predicted molar refractivity (Wildman–Crippen MR) is 109 cm³/mol. The number of rotatable bonds is 9. The van der Waals surface area contributed by atoms with E-state index in [1.54, 1.807) is 18.4 Å². The molecular weight excluding hydrogens is 394 g/mol. The Balaban J connectivity index is 1.58. The lowest BCUT2D eigenvalue weighted by Gasteiger charge is -2.12. The number of carbonyl (C=O) groups excluding carboxylic acids is 1. The van der Waals surface area contributed by atoms with Crippen LogP contribution in [0.1, 0.15) is 27.2 Å². The van der Waals surface area contributed by atoms with Crippen molar-refractivity contribution in [1.29, 1.82) is 0 Å². The number of amides is 1. The maximum absolute atomic E-state index is 12.5. The molecule has 3 aromatic rings. The van der Waals surface area contributed by atoms with Gasteiger partial charge in [-0.3, -0.25) is 4.79 Å². The molecule has 152 valence electrons. The van der Waals surface area contributed by atoms with Gasteiger partial charge in [-0.15, -0.1) is 0 Å². The van der Waals surface area contributed by atoms with Gasteiger partial charge >= 0.3 is 0 Å². The molecule has 0 spiro atoms. The first-order valence-electron chi connectivity index (χ1n) is 8.98. The molecule has 0 aliphatic carbocycles. The summed E-state index contributed by atoms with van der Waals surface area (Å²) in [6.07, 6.45) is 1.62. The van der Waals surface area contributed by atoms with E-state index >= 15 is 0 Å². The number of halogens is 1. The quantitative estimate of drug-likeness (QED) is 0.553. The van der Waals surface area contributed by atoms with Gasteiger partial charge in [0, 0.05) is 12.1 Å². The second kappa shape index (κ2) is 10.0. The minimum Gasteiger partial charge on any atom is -0.493 e. The predicted octanol–water partition coefficient (Wildman–Crippen LogP) is 4.60. The number of methoxy groups -OCH3 is 2. The monoisotopic (exact) mass is 415 g/mol. The minimum absolute atomic E-state index is 0.257. The third-order valence-electron chi connectivity index (χ3n) is 4.23. The molecule has 6 nitrogen and oxygen atoms in total. The van der Waals surface area contributed by atoms with E-state index in [1.807, 2.05) is 36.4 Å². The second-order valence-electron chi connectivity index (χ2n) is 6.27. The normalized spacial score (nSPS) is 10.6. The van der Waals surface area contributed by atoms with E-state index in [9.17, 15) is 4.79 Å². The molecule has 0 saturated carbocycles. The average molecular weight is 416 g/mol. The van der Waals surface area contributed by atoms with Crippen LogP contribution >= 0.6 is 11.6 Å². The summed E-state index contributed by atoms with van der Waals surface area (Å²) in [5.41, 5.74) is 2.37. The van der Waals surface area contributed by atoms with Crippen molar-refractivity contribution in [3.63, 3.8) is 0 Å². The summed E-state index contributed by atoms with van der Waals surface area (Å²) < 4.78 is 21.3. The molecule has 2 aromatic carbocycles. The Morgan fingerprint density at radius 3 is 2.59 bits per heavy atom. The Hall–Kier alpha value is -2.96. The fraction of sp³-hybridized carbons (Fsp3) is 0.227. The molecule has 0 bridgehead atoms. The van der Waals surface area contributed by atoms with E-state index in [0.717, 1.165) is 16.9 Å². The molecular formula is C22H22ClNO5. The van der Waals surface area contributed by atoms with Crippen LogP contribution < -0.4 is 14.8 Å². The molecule has 0 saturated heterocycles. The van der Waals surface area contributed by atoms with Gasteiger partial charge < -0.3 is 23.9 Å². The first-order chi connectivity index (χ1) is 14.1. The molecule has 3 rings (SSSR count). The van der Waals surface area contributed by atoms with Crippen LogP contribution in [0.4, 0.5) is 0 Å². The highest BCUT2D eigenvalue weighted by Crippen LogP contribution is 2.35. The molecule has 1 aromatic heterocycles. The van der Waals surface area contributed by atoms with E-state index in [0.29, 0.717) is 41.8 Å². The van der Waals surface area contributed by atoms with E-state index in [1.165, 1.54) is 14.2 Å². The highest BCUT2D eigenvalue weighted by molar-refractivity contribution is 6.32. The van der Waals surface area contributed by atoms with Crippen LogP contribution in [0.5, 0.6) is 11.5 Å². The number of furan rings is 1. The van der Waals surface area contributed by atoms with Crippen molar-refractivity contribution in [3.05, 3.63) is 82.3 Å². The van der Waals surface area contributed by atoms with E-state index in [2.05, 4.69) is 5.32 Å². The molecule has 0 atom stereocenters. The van der Waals surface area contributed by atoms with E-state index < -0.39 is 0 Å². The summed E-state index contributed by atoms with van der Waals surface area (Å²) >= 11 is 6.18. The largest absolute Gasteiger partial charge is 0.493 e. The Kier molecular flexibility index (Phi) is 7.16. The smallest absolute Gasteiger partial charge is 0.251 e. The van der Waals surface area contributed by atoms with Crippen LogP contribution in [-0.4, -0.2) is 20.1 Å². The van der Waals surface area contributed by atoms with Gasteiger partial charge in [0.2, 0.25) is 0 Å². The maximum atomic E-state index is 12.5. The highest BCUT2D eigenvalue weighted by Gasteiger charge is 2.15. The van der Waals surface area contributed by atoms with Crippen LogP contribution in [0.15, 0.2) is 59.2 Å². The van der Waals surface area contributed by atoms with Crippen LogP contribution in [0, 0.1) is 0 Å². The molecule has 7 heteroatoms. The lowest BCUT2D eigenvalue weighted by molar-refractivity contribution is 0.0928. The number of hydrogen-bond acceptors (Lipinski definition) is 5. The van der Waals surface area contributed by atoms with Gasteiger partial charge in [0.1, 0.15) is 12.4 Å². The molecule has 0 radical (unpaired) electrons. The number of carbonyl (C=O) groups is 1. The van der Waals surface area contributed by atoms with Crippen molar-refractivity contribution in [2.45, 2.75) is 19.8 Å². The van der Waals surface area contributed by atoms with Crippen LogP contribution in [0.25, 0.3) is 0 Å². The van der Waals surface area contributed by atoms with Crippen molar-refractivity contribution in [1.82, 2.24) is 5.32 Å². The van der Waals surface area contributed by atoms with Crippen molar-refractivity contribution in [3.8, 4) is 11.5 Å².